The molecule has 3 unspecified atom stereocenters. The maximum absolute atomic E-state index is 9.50. The van der Waals surface area contributed by atoms with Crippen molar-refractivity contribution in [1.29, 1.82) is 0 Å². The third-order valence-electron chi connectivity index (χ3n) is 3.26. The maximum Gasteiger partial charge on any atom is 0.0543 e. The fourth-order valence-corrected chi connectivity index (χ4v) is 2.26. The summed E-state index contributed by atoms with van der Waals surface area (Å²) in [5, 5.41) is 9.50. The van der Waals surface area contributed by atoms with Gasteiger partial charge in [0.25, 0.3) is 0 Å². The average molecular weight is 170 g/mol. The first-order valence-corrected chi connectivity index (χ1v) is 5.42. The van der Waals surface area contributed by atoms with Crippen LogP contribution >= 0.6 is 0 Å². The molecule has 12 heavy (non-hydrogen) atoms. The van der Waals surface area contributed by atoms with E-state index in [9.17, 15) is 5.11 Å². The molecular formula is C11H22O. The predicted molar refractivity (Wildman–Crippen MR) is 52.0 cm³/mol. The number of rotatable bonds is 3. The van der Waals surface area contributed by atoms with Crippen LogP contribution in [0.5, 0.6) is 0 Å². The zero-order valence-electron chi connectivity index (χ0n) is 8.42. The van der Waals surface area contributed by atoms with E-state index in [1.807, 2.05) is 0 Å². The number of hydrogen-bond acceptors (Lipinski definition) is 1. The van der Waals surface area contributed by atoms with E-state index >= 15 is 0 Å². The van der Waals surface area contributed by atoms with Gasteiger partial charge in [-0.05, 0) is 31.1 Å². The van der Waals surface area contributed by atoms with Crippen molar-refractivity contribution in [2.24, 2.45) is 11.8 Å². The van der Waals surface area contributed by atoms with Crippen LogP contribution < -0.4 is 0 Å². The minimum absolute atomic E-state index is 0.00283. The van der Waals surface area contributed by atoms with Crippen molar-refractivity contribution in [1.82, 2.24) is 0 Å². The van der Waals surface area contributed by atoms with Crippen molar-refractivity contribution in [3.63, 3.8) is 0 Å². The Morgan fingerprint density at radius 3 is 2.75 bits per heavy atom. The summed E-state index contributed by atoms with van der Waals surface area (Å²) in [6, 6.07) is 0. The summed E-state index contributed by atoms with van der Waals surface area (Å²) in [6.45, 7) is 4.58. The predicted octanol–water partition coefficient (Wildman–Crippen LogP) is 2.97. The van der Waals surface area contributed by atoms with Crippen LogP contribution in [0.1, 0.15) is 52.4 Å². The molecule has 0 aromatic heterocycles. The van der Waals surface area contributed by atoms with Gasteiger partial charge in [0, 0.05) is 0 Å². The molecule has 1 rings (SSSR count). The highest BCUT2D eigenvalue weighted by Gasteiger charge is 2.25. The van der Waals surface area contributed by atoms with Crippen molar-refractivity contribution < 1.29 is 5.11 Å². The van der Waals surface area contributed by atoms with Gasteiger partial charge in [0.15, 0.2) is 0 Å². The molecule has 0 aliphatic heterocycles. The van der Waals surface area contributed by atoms with Crippen molar-refractivity contribution in [3.05, 3.63) is 0 Å². The SMILES string of the molecule is CCCCC1CC(O)CCC1C. The third-order valence-corrected chi connectivity index (χ3v) is 3.26. The highest BCUT2D eigenvalue weighted by molar-refractivity contribution is 4.77. The lowest BCUT2D eigenvalue weighted by Gasteiger charge is -2.31. The number of hydrogen-bond donors (Lipinski definition) is 1. The Bertz CT molecular complexity index is 122. The highest BCUT2D eigenvalue weighted by atomic mass is 16.3. The number of aliphatic hydroxyl groups excluding tert-OH is 1. The Balaban J connectivity index is 2.28. The number of unbranched alkanes of at least 4 members (excludes halogenated alkanes) is 1. The minimum Gasteiger partial charge on any atom is -0.393 e. The molecular weight excluding hydrogens is 148 g/mol. The van der Waals surface area contributed by atoms with Crippen LogP contribution in [-0.2, 0) is 0 Å². The van der Waals surface area contributed by atoms with Crippen LogP contribution in [0.25, 0.3) is 0 Å². The Morgan fingerprint density at radius 2 is 2.08 bits per heavy atom. The largest absolute Gasteiger partial charge is 0.393 e. The summed E-state index contributed by atoms with van der Waals surface area (Å²) in [4.78, 5) is 0. The van der Waals surface area contributed by atoms with Crippen molar-refractivity contribution in [2.75, 3.05) is 0 Å². The molecule has 0 saturated heterocycles. The molecule has 1 heteroatoms. The summed E-state index contributed by atoms with van der Waals surface area (Å²) < 4.78 is 0. The molecule has 0 spiro atoms. The van der Waals surface area contributed by atoms with Crippen LogP contribution in [0.2, 0.25) is 0 Å². The molecule has 3 atom stereocenters. The third kappa shape index (κ3) is 2.78. The first kappa shape index (κ1) is 10.0. The second-order valence-electron chi connectivity index (χ2n) is 4.35. The highest BCUT2D eigenvalue weighted by Crippen LogP contribution is 2.33. The molecule has 1 nitrogen and oxygen atoms in total. The Kier molecular flexibility index (Phi) is 4.07. The first-order chi connectivity index (χ1) is 5.74. The minimum atomic E-state index is 0.00283. The normalized spacial score (nSPS) is 36.8. The summed E-state index contributed by atoms with van der Waals surface area (Å²) in [6.07, 6.45) is 7.28. The Labute approximate surface area is 76.2 Å². The molecule has 0 bridgehead atoms. The van der Waals surface area contributed by atoms with E-state index in [1.165, 1.54) is 25.7 Å². The van der Waals surface area contributed by atoms with Crippen LogP contribution in [0.15, 0.2) is 0 Å². The fraction of sp³-hybridized carbons (Fsp3) is 1.00. The molecule has 1 aliphatic rings. The van der Waals surface area contributed by atoms with Gasteiger partial charge >= 0.3 is 0 Å². The van der Waals surface area contributed by atoms with Crippen LogP contribution in [0, 0.1) is 11.8 Å². The second-order valence-corrected chi connectivity index (χ2v) is 4.35. The molecule has 72 valence electrons. The van der Waals surface area contributed by atoms with Gasteiger partial charge < -0.3 is 5.11 Å². The average Bonchev–Trinajstić information content (AvgIpc) is 2.07. The lowest BCUT2D eigenvalue weighted by atomic mass is 9.76. The lowest BCUT2D eigenvalue weighted by molar-refractivity contribution is 0.0698. The first-order valence-electron chi connectivity index (χ1n) is 5.42. The van der Waals surface area contributed by atoms with Gasteiger partial charge in [-0.1, -0.05) is 33.1 Å². The van der Waals surface area contributed by atoms with Gasteiger partial charge in [-0.3, -0.25) is 0 Å². The van der Waals surface area contributed by atoms with Crippen molar-refractivity contribution >= 4 is 0 Å². The lowest BCUT2D eigenvalue weighted by Crippen LogP contribution is -2.26. The van der Waals surface area contributed by atoms with E-state index < -0.39 is 0 Å². The molecule has 0 heterocycles. The van der Waals surface area contributed by atoms with E-state index in [0.717, 1.165) is 24.7 Å². The van der Waals surface area contributed by atoms with E-state index in [2.05, 4.69) is 13.8 Å². The van der Waals surface area contributed by atoms with Crippen molar-refractivity contribution in [2.45, 2.75) is 58.5 Å². The number of aliphatic hydroxyl groups is 1. The standard InChI is InChI=1S/C11H22O/c1-3-4-5-10-8-11(12)7-6-9(10)2/h9-12H,3-8H2,1-2H3. The van der Waals surface area contributed by atoms with Gasteiger partial charge in [0.05, 0.1) is 6.10 Å². The Hall–Kier alpha value is -0.0400. The molecule has 0 radical (unpaired) electrons. The zero-order chi connectivity index (χ0) is 8.97. The molecule has 0 aromatic carbocycles. The topological polar surface area (TPSA) is 20.2 Å². The quantitative estimate of drug-likeness (QED) is 0.690. The maximum atomic E-state index is 9.50. The van der Waals surface area contributed by atoms with Gasteiger partial charge in [-0.2, -0.15) is 0 Å². The van der Waals surface area contributed by atoms with Gasteiger partial charge in [-0.25, -0.2) is 0 Å². The molecule has 1 aliphatic carbocycles. The summed E-state index contributed by atoms with van der Waals surface area (Å²) in [5.74, 6) is 1.65. The Morgan fingerprint density at radius 1 is 1.33 bits per heavy atom. The fourth-order valence-electron chi connectivity index (χ4n) is 2.26. The molecule has 1 N–H and O–H groups in total. The van der Waals surface area contributed by atoms with Crippen molar-refractivity contribution in [3.8, 4) is 0 Å². The van der Waals surface area contributed by atoms with E-state index in [1.54, 1.807) is 0 Å². The summed E-state index contributed by atoms with van der Waals surface area (Å²) >= 11 is 0. The second kappa shape index (κ2) is 4.86. The van der Waals surface area contributed by atoms with Gasteiger partial charge in [0.2, 0.25) is 0 Å². The van der Waals surface area contributed by atoms with Gasteiger partial charge in [-0.15, -0.1) is 0 Å². The summed E-state index contributed by atoms with van der Waals surface area (Å²) in [7, 11) is 0. The molecule has 0 aromatic rings. The zero-order valence-corrected chi connectivity index (χ0v) is 8.42. The summed E-state index contributed by atoms with van der Waals surface area (Å²) in [5.41, 5.74) is 0. The molecule has 1 fully saturated rings. The monoisotopic (exact) mass is 170 g/mol. The van der Waals surface area contributed by atoms with Gasteiger partial charge in [0.1, 0.15) is 0 Å². The van der Waals surface area contributed by atoms with Crippen LogP contribution in [0.4, 0.5) is 0 Å². The molecule has 0 amide bonds. The smallest absolute Gasteiger partial charge is 0.0543 e. The van der Waals surface area contributed by atoms with E-state index in [4.69, 9.17) is 0 Å². The van der Waals surface area contributed by atoms with Crippen LogP contribution in [0.3, 0.4) is 0 Å². The molecule has 1 saturated carbocycles. The van der Waals surface area contributed by atoms with E-state index in [0.29, 0.717) is 0 Å². The van der Waals surface area contributed by atoms with Crippen LogP contribution in [-0.4, -0.2) is 11.2 Å². The van der Waals surface area contributed by atoms with E-state index in [-0.39, 0.29) is 6.10 Å².